The lowest BCUT2D eigenvalue weighted by Crippen LogP contribution is -2.43. The van der Waals surface area contributed by atoms with E-state index in [0.717, 1.165) is 32.7 Å². The molecule has 0 bridgehead atoms. The van der Waals surface area contributed by atoms with Gasteiger partial charge in [0, 0.05) is 62.1 Å². The fraction of sp³-hybridized carbons (Fsp3) is 0.267. The topological polar surface area (TPSA) is 88.2 Å². The Labute approximate surface area is 232 Å². The third-order valence-electron chi connectivity index (χ3n) is 6.84. The van der Waals surface area contributed by atoms with Gasteiger partial charge < -0.3 is 29.7 Å². The summed E-state index contributed by atoms with van der Waals surface area (Å²) in [5.41, 5.74) is 2.47. The molecular weight excluding hydrogens is 513 g/mol. The first-order valence-corrected chi connectivity index (χ1v) is 13.0. The number of pyridine rings is 1. The Bertz CT molecular complexity index is 1490. The maximum Gasteiger partial charge on any atom is 0.323 e. The Morgan fingerprint density at radius 1 is 0.900 bits per heavy atom. The third-order valence-corrected chi connectivity index (χ3v) is 6.84. The standard InChI is InChI=1S/C30H32FN5O4/c1-35-12-14-36(15-13-35)19-20-4-6-21(7-5-20)33-30(37)34-25-9-8-22(16-24(25)31)40-27-10-11-32-26-18-29(39-3)28(38-2)17-23(26)27/h4-11,16-18H,12-15,19H2,1-3H3,(H2,33,34,37). The fourth-order valence-electron chi connectivity index (χ4n) is 4.57. The van der Waals surface area contributed by atoms with Gasteiger partial charge in [0.15, 0.2) is 11.5 Å². The van der Waals surface area contributed by atoms with E-state index in [1.807, 2.05) is 24.3 Å². The highest BCUT2D eigenvalue weighted by Crippen LogP contribution is 2.37. The van der Waals surface area contributed by atoms with Crippen LogP contribution >= 0.6 is 0 Å². The van der Waals surface area contributed by atoms with Crippen molar-refractivity contribution >= 4 is 28.3 Å². The number of urea groups is 1. The van der Waals surface area contributed by atoms with E-state index in [1.54, 1.807) is 44.7 Å². The van der Waals surface area contributed by atoms with Crippen molar-refractivity contribution in [2.75, 3.05) is 58.1 Å². The number of carbonyl (C=O) groups excluding carboxylic acids is 1. The summed E-state index contributed by atoms with van der Waals surface area (Å²) in [6.45, 7) is 5.08. The lowest BCUT2D eigenvalue weighted by molar-refractivity contribution is 0.148. The summed E-state index contributed by atoms with van der Waals surface area (Å²) in [7, 11) is 5.23. The number of methoxy groups -OCH3 is 2. The fourth-order valence-corrected chi connectivity index (χ4v) is 4.57. The lowest BCUT2D eigenvalue weighted by Gasteiger charge is -2.32. The van der Waals surface area contributed by atoms with Gasteiger partial charge in [0.05, 0.1) is 25.4 Å². The van der Waals surface area contributed by atoms with Crippen LogP contribution in [0.5, 0.6) is 23.0 Å². The highest BCUT2D eigenvalue weighted by Gasteiger charge is 2.15. The van der Waals surface area contributed by atoms with E-state index in [2.05, 4.69) is 32.5 Å². The normalized spacial score (nSPS) is 14.1. The van der Waals surface area contributed by atoms with Crippen molar-refractivity contribution in [1.82, 2.24) is 14.8 Å². The number of likely N-dealkylation sites (N-methyl/N-ethyl adjacent to an activating group) is 1. The molecule has 3 aromatic carbocycles. The molecule has 2 N–H and O–H groups in total. The SMILES string of the molecule is COc1cc2nccc(Oc3ccc(NC(=O)Nc4ccc(CN5CCN(C)CC5)cc4)c(F)c3)c2cc1OC. The van der Waals surface area contributed by atoms with Gasteiger partial charge in [0.1, 0.15) is 17.3 Å². The van der Waals surface area contributed by atoms with Crippen LogP contribution in [0, 0.1) is 5.82 Å². The molecule has 1 aliphatic heterocycles. The number of carbonyl (C=O) groups is 1. The number of ether oxygens (including phenoxy) is 3. The average Bonchev–Trinajstić information content (AvgIpc) is 2.96. The third kappa shape index (κ3) is 6.41. The minimum absolute atomic E-state index is 0.0301. The number of hydrogen-bond donors (Lipinski definition) is 2. The summed E-state index contributed by atoms with van der Waals surface area (Å²) in [6, 6.07) is 16.6. The zero-order chi connectivity index (χ0) is 28.1. The number of piperazine rings is 1. The largest absolute Gasteiger partial charge is 0.493 e. The van der Waals surface area contributed by atoms with Crippen molar-refractivity contribution in [2.45, 2.75) is 6.54 Å². The first-order chi connectivity index (χ1) is 19.4. The zero-order valence-electron chi connectivity index (χ0n) is 22.7. The molecule has 0 aliphatic carbocycles. The molecule has 9 nitrogen and oxygen atoms in total. The maximum absolute atomic E-state index is 14.9. The van der Waals surface area contributed by atoms with Crippen molar-refractivity contribution in [3.63, 3.8) is 0 Å². The number of fused-ring (bicyclic) bond motifs is 1. The number of benzene rings is 3. The number of anilines is 2. The molecule has 2 heterocycles. The van der Waals surface area contributed by atoms with Crippen LogP contribution in [0.15, 0.2) is 66.9 Å². The van der Waals surface area contributed by atoms with Crippen LogP contribution in [0.4, 0.5) is 20.6 Å². The Balaban J connectivity index is 1.20. The first kappa shape index (κ1) is 27.2. The Kier molecular flexibility index (Phi) is 8.28. The van der Waals surface area contributed by atoms with E-state index in [9.17, 15) is 9.18 Å². The van der Waals surface area contributed by atoms with Crippen molar-refractivity contribution in [3.05, 3.63) is 78.2 Å². The van der Waals surface area contributed by atoms with Gasteiger partial charge in [-0.15, -0.1) is 0 Å². The van der Waals surface area contributed by atoms with E-state index in [0.29, 0.717) is 33.8 Å². The molecule has 1 fully saturated rings. The molecule has 0 radical (unpaired) electrons. The minimum Gasteiger partial charge on any atom is -0.493 e. The van der Waals surface area contributed by atoms with Gasteiger partial charge in [0.2, 0.25) is 0 Å². The molecule has 0 saturated carbocycles. The summed E-state index contributed by atoms with van der Waals surface area (Å²) in [5.74, 6) is 1.17. The van der Waals surface area contributed by atoms with Crippen molar-refractivity contribution in [1.29, 1.82) is 0 Å². The quantitative estimate of drug-likeness (QED) is 0.299. The monoisotopic (exact) mass is 545 g/mol. The van der Waals surface area contributed by atoms with Gasteiger partial charge in [-0.05, 0) is 49.0 Å². The van der Waals surface area contributed by atoms with Crippen LogP contribution in [0.25, 0.3) is 10.9 Å². The predicted molar refractivity (Wildman–Crippen MR) is 153 cm³/mol. The summed E-state index contributed by atoms with van der Waals surface area (Å²) < 4.78 is 31.6. The second kappa shape index (κ2) is 12.2. The summed E-state index contributed by atoms with van der Waals surface area (Å²) in [6.07, 6.45) is 1.60. The molecule has 1 aromatic heterocycles. The van der Waals surface area contributed by atoms with Crippen LogP contribution in [0.2, 0.25) is 0 Å². The number of hydrogen-bond acceptors (Lipinski definition) is 7. The van der Waals surface area contributed by atoms with Crippen LogP contribution in [0.1, 0.15) is 5.56 Å². The van der Waals surface area contributed by atoms with E-state index in [-0.39, 0.29) is 11.4 Å². The molecule has 10 heteroatoms. The van der Waals surface area contributed by atoms with Crippen molar-refractivity contribution in [3.8, 4) is 23.0 Å². The molecular formula is C30H32FN5O4. The van der Waals surface area contributed by atoms with E-state index in [4.69, 9.17) is 14.2 Å². The van der Waals surface area contributed by atoms with E-state index >= 15 is 0 Å². The highest BCUT2D eigenvalue weighted by molar-refractivity contribution is 5.99. The molecule has 4 aromatic rings. The molecule has 1 saturated heterocycles. The number of halogens is 1. The van der Waals surface area contributed by atoms with Gasteiger partial charge >= 0.3 is 6.03 Å². The Hall–Kier alpha value is -4.41. The second-order valence-corrected chi connectivity index (χ2v) is 9.63. The highest BCUT2D eigenvalue weighted by atomic mass is 19.1. The molecule has 5 rings (SSSR count). The Morgan fingerprint density at radius 3 is 2.33 bits per heavy atom. The number of amides is 2. The van der Waals surface area contributed by atoms with Crippen LogP contribution in [-0.4, -0.2) is 68.3 Å². The predicted octanol–water partition coefficient (Wildman–Crippen LogP) is 5.57. The maximum atomic E-state index is 14.9. The molecule has 0 spiro atoms. The summed E-state index contributed by atoms with van der Waals surface area (Å²) >= 11 is 0. The van der Waals surface area contributed by atoms with Gasteiger partial charge in [-0.2, -0.15) is 0 Å². The van der Waals surface area contributed by atoms with Crippen LogP contribution in [0.3, 0.4) is 0 Å². The van der Waals surface area contributed by atoms with Crippen molar-refractivity contribution < 1.29 is 23.4 Å². The Morgan fingerprint density at radius 2 is 1.62 bits per heavy atom. The minimum atomic E-state index is -0.632. The van der Waals surface area contributed by atoms with Gasteiger partial charge in [0.25, 0.3) is 0 Å². The number of nitrogens with zero attached hydrogens (tertiary/aromatic N) is 3. The molecule has 40 heavy (non-hydrogen) atoms. The zero-order valence-corrected chi connectivity index (χ0v) is 22.7. The smallest absolute Gasteiger partial charge is 0.323 e. The molecule has 0 atom stereocenters. The van der Waals surface area contributed by atoms with Gasteiger partial charge in [-0.1, -0.05) is 12.1 Å². The molecule has 0 unspecified atom stereocenters. The average molecular weight is 546 g/mol. The number of nitrogens with one attached hydrogen (secondary N) is 2. The molecule has 1 aliphatic rings. The number of rotatable bonds is 8. The van der Waals surface area contributed by atoms with Crippen molar-refractivity contribution in [2.24, 2.45) is 0 Å². The van der Waals surface area contributed by atoms with Crippen LogP contribution in [-0.2, 0) is 6.54 Å². The first-order valence-electron chi connectivity index (χ1n) is 13.0. The second-order valence-electron chi connectivity index (χ2n) is 9.63. The van der Waals surface area contributed by atoms with E-state index in [1.165, 1.54) is 17.7 Å². The molecule has 2 amide bonds. The van der Waals surface area contributed by atoms with Gasteiger partial charge in [-0.3, -0.25) is 9.88 Å². The summed E-state index contributed by atoms with van der Waals surface area (Å²) in [5, 5.41) is 5.99. The summed E-state index contributed by atoms with van der Waals surface area (Å²) in [4.78, 5) is 21.6. The number of aromatic nitrogens is 1. The lowest BCUT2D eigenvalue weighted by atomic mass is 10.2. The van der Waals surface area contributed by atoms with E-state index < -0.39 is 11.8 Å². The van der Waals surface area contributed by atoms with Crippen LogP contribution < -0.4 is 24.8 Å². The molecule has 208 valence electrons. The van der Waals surface area contributed by atoms with Gasteiger partial charge in [-0.25, -0.2) is 9.18 Å².